The summed E-state index contributed by atoms with van der Waals surface area (Å²) in [5.74, 6) is 2.17. The van der Waals surface area contributed by atoms with Gasteiger partial charge in [-0.25, -0.2) is 9.29 Å². The molecule has 2 aromatic heterocycles. The minimum atomic E-state index is 0.0269. The highest BCUT2D eigenvalue weighted by atomic mass is 32.2. The van der Waals surface area contributed by atoms with Crippen molar-refractivity contribution in [1.82, 2.24) is 18.8 Å². The minimum Gasteiger partial charge on any atom is -0.324 e. The molecule has 2 fully saturated rings. The molecule has 1 N–H and O–H groups in total. The first-order valence-corrected chi connectivity index (χ1v) is 13.4. The fraction of sp³-hybridized carbons (Fsp3) is 0.519. The van der Waals surface area contributed by atoms with Crippen molar-refractivity contribution in [3.05, 3.63) is 52.4 Å². The molecule has 180 valence electrons. The molecule has 0 radical (unpaired) electrons. The number of nitrogens with zero attached hydrogens (tertiary/aromatic N) is 4. The SMILES string of the molecule is Cc1cc(SN2CCC(C(C)C)CC2)ccc1Nc1ncc2ccc(=O)n(C3CCCC3)c2n1. The summed E-state index contributed by atoms with van der Waals surface area (Å²) in [4.78, 5) is 23.2. The van der Waals surface area contributed by atoms with Gasteiger partial charge in [-0.2, -0.15) is 4.98 Å². The fourth-order valence-corrected chi connectivity index (χ4v) is 6.40. The Morgan fingerprint density at radius 2 is 1.82 bits per heavy atom. The largest absolute Gasteiger partial charge is 0.324 e. The van der Waals surface area contributed by atoms with E-state index in [9.17, 15) is 4.79 Å². The van der Waals surface area contributed by atoms with Crippen molar-refractivity contribution in [2.45, 2.75) is 70.2 Å². The van der Waals surface area contributed by atoms with E-state index in [1.54, 1.807) is 6.07 Å². The molecule has 1 saturated carbocycles. The van der Waals surface area contributed by atoms with Crippen molar-refractivity contribution in [2.24, 2.45) is 11.8 Å². The Balaban J connectivity index is 1.32. The number of rotatable bonds is 6. The number of piperidine rings is 1. The number of aromatic nitrogens is 3. The molecular weight excluding hydrogens is 442 g/mol. The van der Waals surface area contributed by atoms with Crippen LogP contribution >= 0.6 is 11.9 Å². The van der Waals surface area contributed by atoms with Gasteiger partial charge in [0.2, 0.25) is 5.95 Å². The molecule has 34 heavy (non-hydrogen) atoms. The number of pyridine rings is 1. The minimum absolute atomic E-state index is 0.0269. The Labute approximate surface area is 206 Å². The molecule has 5 rings (SSSR count). The van der Waals surface area contributed by atoms with E-state index in [1.165, 1.54) is 30.6 Å². The lowest BCUT2D eigenvalue weighted by Crippen LogP contribution is -2.30. The van der Waals surface area contributed by atoms with E-state index in [0.29, 0.717) is 5.95 Å². The van der Waals surface area contributed by atoms with Gasteiger partial charge in [-0.1, -0.05) is 26.7 Å². The second-order valence-electron chi connectivity index (χ2n) is 10.2. The quantitative estimate of drug-likeness (QED) is 0.418. The standard InChI is InChI=1S/C27H35N5OS/c1-18(2)20-12-14-31(15-13-20)34-23-9-10-24(19(3)16-23)29-27-28-17-21-8-11-25(33)32(26(21)30-27)22-6-4-5-7-22/h8-11,16-18,20,22H,4-7,12-15H2,1-3H3,(H,28,29,30). The lowest BCUT2D eigenvalue weighted by atomic mass is 9.87. The molecule has 3 aromatic rings. The van der Waals surface area contributed by atoms with Crippen LogP contribution in [0.5, 0.6) is 0 Å². The summed E-state index contributed by atoms with van der Waals surface area (Å²) in [7, 11) is 0. The van der Waals surface area contributed by atoms with Crippen molar-refractivity contribution in [2.75, 3.05) is 18.4 Å². The van der Waals surface area contributed by atoms with E-state index in [4.69, 9.17) is 4.98 Å². The van der Waals surface area contributed by atoms with Gasteiger partial charge in [0.05, 0.1) is 0 Å². The van der Waals surface area contributed by atoms with E-state index in [1.807, 2.05) is 28.8 Å². The average Bonchev–Trinajstić information content (AvgIpc) is 3.35. The van der Waals surface area contributed by atoms with E-state index in [-0.39, 0.29) is 11.6 Å². The molecular formula is C27H35N5OS. The van der Waals surface area contributed by atoms with Gasteiger partial charge in [0.15, 0.2) is 0 Å². The van der Waals surface area contributed by atoms with Crippen LogP contribution in [0.25, 0.3) is 11.0 Å². The zero-order valence-electron chi connectivity index (χ0n) is 20.5. The molecule has 6 nitrogen and oxygen atoms in total. The maximum Gasteiger partial charge on any atom is 0.252 e. The molecule has 0 unspecified atom stereocenters. The highest BCUT2D eigenvalue weighted by molar-refractivity contribution is 7.97. The van der Waals surface area contributed by atoms with Crippen LogP contribution in [0.3, 0.4) is 0 Å². The number of aryl methyl sites for hydroxylation is 1. The van der Waals surface area contributed by atoms with Crippen LogP contribution in [0.4, 0.5) is 11.6 Å². The molecule has 7 heteroatoms. The third-order valence-corrected chi connectivity index (χ3v) is 8.57. The van der Waals surface area contributed by atoms with Gasteiger partial charge in [0.1, 0.15) is 5.65 Å². The second kappa shape index (κ2) is 10.1. The van der Waals surface area contributed by atoms with Gasteiger partial charge in [-0.3, -0.25) is 9.36 Å². The topological polar surface area (TPSA) is 63.1 Å². The van der Waals surface area contributed by atoms with E-state index in [0.717, 1.165) is 60.1 Å². The first kappa shape index (κ1) is 23.4. The van der Waals surface area contributed by atoms with Gasteiger partial charge in [-0.05, 0) is 86.2 Å². The molecule has 0 spiro atoms. The summed E-state index contributed by atoms with van der Waals surface area (Å²) in [6.45, 7) is 9.11. The molecule has 1 aliphatic heterocycles. The Kier molecular flexibility index (Phi) is 6.93. The first-order chi connectivity index (χ1) is 16.5. The Hall–Kier alpha value is -2.38. The highest BCUT2D eigenvalue weighted by Gasteiger charge is 2.23. The predicted octanol–water partition coefficient (Wildman–Crippen LogP) is 6.33. The third-order valence-electron chi connectivity index (χ3n) is 7.48. The van der Waals surface area contributed by atoms with Gasteiger partial charge >= 0.3 is 0 Å². The molecule has 0 amide bonds. The van der Waals surface area contributed by atoms with Crippen LogP contribution in [-0.2, 0) is 0 Å². The van der Waals surface area contributed by atoms with Crippen molar-refractivity contribution in [3.63, 3.8) is 0 Å². The number of hydrogen-bond acceptors (Lipinski definition) is 6. The Morgan fingerprint density at radius 3 is 2.53 bits per heavy atom. The molecule has 2 aliphatic rings. The van der Waals surface area contributed by atoms with Crippen LogP contribution in [0.15, 0.2) is 46.2 Å². The highest BCUT2D eigenvalue weighted by Crippen LogP contribution is 2.33. The lowest BCUT2D eigenvalue weighted by molar-refractivity contribution is 0.237. The first-order valence-electron chi connectivity index (χ1n) is 12.7. The van der Waals surface area contributed by atoms with Crippen molar-refractivity contribution in [1.29, 1.82) is 0 Å². The summed E-state index contributed by atoms with van der Waals surface area (Å²) < 4.78 is 4.37. The molecule has 0 atom stereocenters. The van der Waals surface area contributed by atoms with Crippen LogP contribution in [0.2, 0.25) is 0 Å². The summed E-state index contributed by atoms with van der Waals surface area (Å²) in [6.07, 6.45) is 8.81. The van der Waals surface area contributed by atoms with Gasteiger partial charge in [0, 0.05) is 47.4 Å². The number of nitrogens with one attached hydrogen (secondary N) is 1. The number of benzene rings is 1. The van der Waals surface area contributed by atoms with Crippen LogP contribution < -0.4 is 10.9 Å². The summed E-state index contributed by atoms with van der Waals surface area (Å²) in [6, 6.07) is 10.2. The maximum atomic E-state index is 12.7. The summed E-state index contributed by atoms with van der Waals surface area (Å²) >= 11 is 1.86. The maximum absolute atomic E-state index is 12.7. The van der Waals surface area contributed by atoms with Gasteiger partial charge in [-0.15, -0.1) is 0 Å². The van der Waals surface area contributed by atoms with Crippen molar-refractivity contribution < 1.29 is 0 Å². The van der Waals surface area contributed by atoms with Crippen LogP contribution in [-0.4, -0.2) is 31.9 Å². The van der Waals surface area contributed by atoms with Gasteiger partial charge < -0.3 is 5.32 Å². The van der Waals surface area contributed by atoms with E-state index >= 15 is 0 Å². The monoisotopic (exact) mass is 477 g/mol. The Bertz CT molecular complexity index is 1210. The molecule has 1 aromatic carbocycles. The molecule has 1 aliphatic carbocycles. The third kappa shape index (κ3) is 5.01. The number of anilines is 2. The molecule has 3 heterocycles. The predicted molar refractivity (Wildman–Crippen MR) is 141 cm³/mol. The number of fused-ring (bicyclic) bond motifs is 1. The zero-order chi connectivity index (χ0) is 23.7. The van der Waals surface area contributed by atoms with E-state index < -0.39 is 0 Å². The lowest BCUT2D eigenvalue weighted by Gasteiger charge is -2.33. The fourth-order valence-electron chi connectivity index (χ4n) is 5.35. The molecule has 0 bridgehead atoms. The van der Waals surface area contributed by atoms with Crippen molar-refractivity contribution in [3.8, 4) is 0 Å². The van der Waals surface area contributed by atoms with Crippen LogP contribution in [0.1, 0.15) is 64.0 Å². The number of hydrogen-bond donors (Lipinski definition) is 1. The Morgan fingerprint density at radius 1 is 1.06 bits per heavy atom. The normalized spacial score (nSPS) is 18.2. The zero-order valence-corrected chi connectivity index (χ0v) is 21.3. The summed E-state index contributed by atoms with van der Waals surface area (Å²) in [5.41, 5.74) is 2.91. The molecule has 1 saturated heterocycles. The summed E-state index contributed by atoms with van der Waals surface area (Å²) in [5, 5.41) is 4.29. The van der Waals surface area contributed by atoms with Crippen molar-refractivity contribution >= 4 is 34.6 Å². The van der Waals surface area contributed by atoms with Crippen LogP contribution in [0, 0.1) is 18.8 Å². The van der Waals surface area contributed by atoms with E-state index in [2.05, 4.69) is 53.6 Å². The average molecular weight is 478 g/mol. The smallest absolute Gasteiger partial charge is 0.252 e. The second-order valence-corrected chi connectivity index (χ2v) is 11.3. The van der Waals surface area contributed by atoms with Gasteiger partial charge in [0.25, 0.3) is 5.56 Å².